The number of benzene rings is 3. The molecule has 5 aromatic rings. The van der Waals surface area contributed by atoms with Crippen molar-refractivity contribution in [1.82, 2.24) is 25.5 Å². The number of rotatable bonds is 17. The monoisotopic (exact) mass is 1060 g/mol. The molecule has 14 nitrogen and oxygen atoms in total. The van der Waals surface area contributed by atoms with Gasteiger partial charge in [-0.05, 0) is 112 Å². The molecule has 0 aliphatic carbocycles. The highest BCUT2D eigenvalue weighted by atomic mass is 32.1. The number of carbonyl (C=O) groups excluding carboxylic acids is 4. The highest BCUT2D eigenvalue weighted by molar-refractivity contribution is 7.81. The maximum absolute atomic E-state index is 15.4. The van der Waals surface area contributed by atoms with Crippen molar-refractivity contribution in [3.05, 3.63) is 112 Å². The highest BCUT2D eigenvalue weighted by Gasteiger charge is 2.52. The van der Waals surface area contributed by atoms with Gasteiger partial charge in [0.2, 0.25) is 17.7 Å². The number of aryl methyl sites for hydroxylation is 1. The average molecular weight is 1060 g/mol. The van der Waals surface area contributed by atoms with E-state index in [4.69, 9.17) is 21.7 Å². The molecule has 2 atom stereocenters. The zero-order valence-electron chi connectivity index (χ0n) is 41.2. The van der Waals surface area contributed by atoms with Gasteiger partial charge in [0, 0.05) is 25.3 Å². The van der Waals surface area contributed by atoms with E-state index in [-0.39, 0.29) is 60.2 Å². The van der Waals surface area contributed by atoms with Gasteiger partial charge >= 0.3 is 6.18 Å². The van der Waals surface area contributed by atoms with E-state index < -0.39 is 81.0 Å². The van der Waals surface area contributed by atoms with Crippen LogP contribution >= 0.6 is 23.6 Å². The summed E-state index contributed by atoms with van der Waals surface area (Å²) in [5.41, 5.74) is -0.926. The Morgan fingerprint density at radius 3 is 2.27 bits per heavy atom. The molecular formula is C52H52F6N8O6S2. The summed E-state index contributed by atoms with van der Waals surface area (Å²) in [6.45, 7) is 10.5. The third kappa shape index (κ3) is 11.7. The van der Waals surface area contributed by atoms with Gasteiger partial charge in [-0.3, -0.25) is 29.1 Å². The summed E-state index contributed by atoms with van der Waals surface area (Å²) in [7, 11) is 0. The van der Waals surface area contributed by atoms with Crippen molar-refractivity contribution in [2.75, 3.05) is 36.2 Å². The maximum atomic E-state index is 15.4. The summed E-state index contributed by atoms with van der Waals surface area (Å²) in [5, 5.41) is 14.5. The van der Waals surface area contributed by atoms with E-state index in [1.807, 2.05) is 52.0 Å². The van der Waals surface area contributed by atoms with Crippen LogP contribution in [-0.2, 0) is 36.6 Å². The van der Waals surface area contributed by atoms with Crippen LogP contribution in [0.1, 0.15) is 82.7 Å². The van der Waals surface area contributed by atoms with Crippen LogP contribution < -0.4 is 25.2 Å². The molecule has 4 heterocycles. The standard InChI is InChI=1S/C52H52F6N8O6S2/c1-29-44(74-28-62-29)31-13-11-30(12-14-31)25-61-46(68)39-10-9-19-64(39)47(69)45(50(2,3)4)63-40(67)27-71-20-7-8-21-72-43-35(53)22-33(23-36(43)54)37-17-16-34(26-60-37)66-49(73)65(48(70)51(66,5)6)38-18-15-32(24-59)41(42(38)55)52(56,57)58/h11-18,22-23,26,28,39,45H,7-10,19-21,25,27H2,1-6H3,(H,61,68)(H,63,67)/t39-,45?/m0/s1. The van der Waals surface area contributed by atoms with Gasteiger partial charge in [0.05, 0.1) is 57.6 Å². The lowest BCUT2D eigenvalue weighted by molar-refractivity contribution is -0.144. The number of unbranched alkanes of at least 4 members (excludes halogenated alkanes) is 1. The van der Waals surface area contributed by atoms with Crippen molar-refractivity contribution < 1.29 is 55.0 Å². The van der Waals surface area contributed by atoms with E-state index >= 15 is 13.2 Å². The number of carbonyl (C=O) groups is 4. The van der Waals surface area contributed by atoms with Crippen molar-refractivity contribution in [1.29, 1.82) is 5.26 Å². The highest BCUT2D eigenvalue weighted by Crippen LogP contribution is 2.42. The minimum absolute atomic E-state index is 0.0169. The number of halogens is 6. The third-order valence-electron chi connectivity index (χ3n) is 12.6. The first-order valence-corrected chi connectivity index (χ1v) is 24.7. The number of amides is 4. The van der Waals surface area contributed by atoms with E-state index in [1.54, 1.807) is 16.8 Å². The van der Waals surface area contributed by atoms with Crippen LogP contribution in [0, 0.1) is 41.1 Å². The molecule has 0 spiro atoms. The fourth-order valence-electron chi connectivity index (χ4n) is 8.71. The molecule has 2 aromatic heterocycles. The Bertz CT molecular complexity index is 2970. The Morgan fingerprint density at radius 1 is 0.973 bits per heavy atom. The molecule has 390 valence electrons. The van der Waals surface area contributed by atoms with Gasteiger partial charge in [-0.25, -0.2) is 18.2 Å². The number of ether oxygens (including phenoxy) is 2. The zero-order chi connectivity index (χ0) is 53.9. The fourth-order valence-corrected chi connectivity index (χ4v) is 10.0. The number of alkyl halides is 3. The van der Waals surface area contributed by atoms with E-state index in [9.17, 15) is 37.6 Å². The number of hydrogen-bond donors (Lipinski definition) is 2. The van der Waals surface area contributed by atoms with Gasteiger partial charge in [-0.1, -0.05) is 45.0 Å². The normalized spacial score (nSPS) is 16.1. The molecule has 0 radical (unpaired) electrons. The van der Waals surface area contributed by atoms with E-state index in [0.29, 0.717) is 37.1 Å². The number of likely N-dealkylation sites (tertiary alicyclic amines) is 1. The van der Waals surface area contributed by atoms with Crippen LogP contribution in [0.2, 0.25) is 0 Å². The molecule has 2 aliphatic heterocycles. The number of nitrogens with one attached hydrogen (secondary N) is 2. The summed E-state index contributed by atoms with van der Waals surface area (Å²) in [4.78, 5) is 67.0. The smallest absolute Gasteiger partial charge is 0.420 e. The van der Waals surface area contributed by atoms with E-state index in [2.05, 4.69) is 20.6 Å². The average Bonchev–Trinajstić information content (AvgIpc) is 4.06. The Kier molecular flexibility index (Phi) is 16.5. The number of nitriles is 1. The van der Waals surface area contributed by atoms with Crippen molar-refractivity contribution in [2.45, 2.75) is 97.6 Å². The van der Waals surface area contributed by atoms with Gasteiger partial charge in [0.1, 0.15) is 29.8 Å². The quantitative estimate of drug-likeness (QED) is 0.0517. The zero-order valence-corrected chi connectivity index (χ0v) is 42.8. The molecule has 22 heteroatoms. The molecule has 4 amide bonds. The second-order valence-corrected chi connectivity index (χ2v) is 20.5. The maximum Gasteiger partial charge on any atom is 0.420 e. The fraction of sp³-hybridized carbons (Fsp3) is 0.385. The number of hydrogen-bond acceptors (Lipinski definition) is 11. The number of anilines is 2. The Labute approximate surface area is 432 Å². The number of thiocarbonyl (C=S) groups is 1. The molecule has 0 saturated carbocycles. The molecule has 74 heavy (non-hydrogen) atoms. The van der Waals surface area contributed by atoms with Crippen LogP contribution in [0.4, 0.5) is 37.7 Å². The first-order chi connectivity index (χ1) is 34.9. The molecule has 1 unspecified atom stereocenters. The van der Waals surface area contributed by atoms with Crippen LogP contribution in [0.15, 0.2) is 72.4 Å². The van der Waals surface area contributed by atoms with E-state index in [1.165, 1.54) is 48.0 Å². The van der Waals surface area contributed by atoms with Crippen molar-refractivity contribution >= 4 is 63.7 Å². The Hall–Kier alpha value is -6.96. The van der Waals surface area contributed by atoms with Crippen LogP contribution in [-0.4, -0.2) is 87.6 Å². The lowest BCUT2D eigenvalue weighted by atomic mass is 9.85. The van der Waals surface area contributed by atoms with E-state index in [0.717, 1.165) is 46.0 Å². The summed E-state index contributed by atoms with van der Waals surface area (Å²) in [6, 6.07) is 13.9. The molecule has 2 fully saturated rings. The largest absolute Gasteiger partial charge is 0.488 e. The second-order valence-electron chi connectivity index (χ2n) is 19.3. The van der Waals surface area contributed by atoms with Crippen LogP contribution in [0.25, 0.3) is 21.7 Å². The molecular weight excluding hydrogens is 1010 g/mol. The molecule has 7 rings (SSSR count). The third-order valence-corrected chi connectivity index (χ3v) is 13.9. The molecule has 2 N–H and O–H groups in total. The summed E-state index contributed by atoms with van der Waals surface area (Å²) in [5.74, 6) is -6.60. The first-order valence-electron chi connectivity index (χ1n) is 23.5. The predicted octanol–water partition coefficient (Wildman–Crippen LogP) is 9.42. The topological polar surface area (TPSA) is 170 Å². The number of aromatic nitrogens is 2. The molecule has 2 aliphatic rings. The van der Waals surface area contributed by atoms with Gasteiger partial charge in [0.25, 0.3) is 5.91 Å². The predicted molar refractivity (Wildman–Crippen MR) is 268 cm³/mol. The Morgan fingerprint density at radius 2 is 1.66 bits per heavy atom. The number of thiazole rings is 1. The van der Waals surface area contributed by atoms with Gasteiger partial charge in [0.15, 0.2) is 28.3 Å². The lowest BCUT2D eigenvalue weighted by Gasteiger charge is -2.35. The van der Waals surface area contributed by atoms with Crippen molar-refractivity contribution in [3.63, 3.8) is 0 Å². The molecule has 0 bridgehead atoms. The summed E-state index contributed by atoms with van der Waals surface area (Å²) >= 11 is 7.03. The first kappa shape index (κ1) is 54.8. The second kappa shape index (κ2) is 22.3. The minimum atomic E-state index is -5.25. The Balaban J connectivity index is 0.869. The van der Waals surface area contributed by atoms with Gasteiger partial charge in [-0.15, -0.1) is 11.3 Å². The van der Waals surface area contributed by atoms with Gasteiger partial charge in [-0.2, -0.15) is 18.4 Å². The summed E-state index contributed by atoms with van der Waals surface area (Å²) < 4.78 is 98.3. The van der Waals surface area contributed by atoms with Crippen molar-refractivity contribution in [2.24, 2.45) is 5.41 Å². The number of pyridine rings is 1. The minimum Gasteiger partial charge on any atom is -0.488 e. The molecule has 3 aromatic carbocycles. The summed E-state index contributed by atoms with van der Waals surface area (Å²) in [6.07, 6.45) is -2.27. The number of nitrogens with zero attached hydrogens (tertiary/aromatic N) is 6. The lowest BCUT2D eigenvalue weighted by Crippen LogP contribution is -2.58. The van der Waals surface area contributed by atoms with Crippen molar-refractivity contribution in [3.8, 4) is 33.5 Å². The van der Waals surface area contributed by atoms with Gasteiger partial charge < -0.3 is 29.9 Å². The SMILES string of the molecule is Cc1ncsc1-c1ccc(CNC(=O)[C@@H]2CCCN2C(=O)C(NC(=O)COCCCCOc2c(F)cc(-c3ccc(N4C(=S)N(c5ccc(C#N)c(C(F)(F)F)c5F)C(=O)C4(C)C)cn3)cc2F)C(C)(C)C)cc1. The molecule has 2 saturated heterocycles. The van der Waals surface area contributed by atoms with Crippen LogP contribution in [0.5, 0.6) is 5.75 Å². The van der Waals surface area contributed by atoms with Crippen LogP contribution in [0.3, 0.4) is 0 Å².